The molecule has 1 fully saturated rings. The molecule has 0 spiro atoms. The van der Waals surface area contributed by atoms with Crippen LogP contribution in [0.2, 0.25) is 0 Å². The van der Waals surface area contributed by atoms with Gasteiger partial charge in [0.2, 0.25) is 6.29 Å². The first-order chi connectivity index (χ1) is 16.8. The van der Waals surface area contributed by atoms with Crippen LogP contribution >= 0.6 is 0 Å². The number of imide groups is 1. The molecule has 0 saturated carbocycles. The first-order valence-electron chi connectivity index (χ1n) is 11.4. The Morgan fingerprint density at radius 1 is 1.09 bits per heavy atom. The van der Waals surface area contributed by atoms with E-state index in [-0.39, 0.29) is 19.5 Å². The Labute approximate surface area is 203 Å². The minimum absolute atomic E-state index is 0.145. The van der Waals surface area contributed by atoms with Crippen molar-refractivity contribution >= 4 is 23.7 Å². The molecule has 1 aliphatic rings. The summed E-state index contributed by atoms with van der Waals surface area (Å²) in [7, 11) is 0. The lowest BCUT2D eigenvalue weighted by atomic mass is 10.1. The van der Waals surface area contributed by atoms with Gasteiger partial charge >= 0.3 is 12.1 Å². The number of carbonyl (C=O) groups excluding carboxylic acids is 3. The Morgan fingerprint density at radius 3 is 2.40 bits per heavy atom. The highest BCUT2D eigenvalue weighted by Crippen LogP contribution is 2.24. The van der Waals surface area contributed by atoms with E-state index in [1.54, 1.807) is 24.3 Å². The molecule has 0 aliphatic carbocycles. The maximum absolute atomic E-state index is 13.3. The minimum atomic E-state index is -1.00. The number of anilines is 1. The third-order valence-corrected chi connectivity index (χ3v) is 5.53. The van der Waals surface area contributed by atoms with Crippen molar-refractivity contribution in [1.29, 1.82) is 0 Å². The van der Waals surface area contributed by atoms with E-state index in [2.05, 4.69) is 17.4 Å². The number of nitrogens with zero attached hydrogens (tertiary/aromatic N) is 4. The van der Waals surface area contributed by atoms with E-state index in [1.165, 1.54) is 4.90 Å². The van der Waals surface area contributed by atoms with Crippen LogP contribution in [0.4, 0.5) is 15.3 Å². The van der Waals surface area contributed by atoms with Crippen LogP contribution in [0.15, 0.2) is 53.7 Å². The summed E-state index contributed by atoms with van der Waals surface area (Å²) in [6.45, 7) is 4.50. The number of rotatable bonds is 11. The number of hydrogen-bond donors (Lipinski definition) is 2. The quantitative estimate of drug-likeness (QED) is 0.215. The molecule has 0 bridgehead atoms. The summed E-state index contributed by atoms with van der Waals surface area (Å²) < 4.78 is 5.68. The zero-order valence-corrected chi connectivity index (χ0v) is 19.8. The molecule has 1 saturated heterocycles. The molecule has 2 aromatic carbocycles. The number of hydrazine groups is 1. The number of hydrogen-bond acceptors (Lipinski definition) is 7. The summed E-state index contributed by atoms with van der Waals surface area (Å²) in [4.78, 5) is 50.2. The third kappa shape index (κ3) is 6.54. The highest BCUT2D eigenvalue weighted by Gasteiger charge is 2.43. The molecule has 1 heterocycles. The molecule has 11 heteroatoms. The van der Waals surface area contributed by atoms with Gasteiger partial charge in [-0.2, -0.15) is 0 Å². The second-order valence-corrected chi connectivity index (χ2v) is 8.22. The number of urea groups is 2. The van der Waals surface area contributed by atoms with Gasteiger partial charge in [-0.05, 0) is 43.2 Å². The fourth-order valence-electron chi connectivity index (χ4n) is 3.50. The van der Waals surface area contributed by atoms with Gasteiger partial charge in [-0.3, -0.25) is 9.69 Å². The van der Waals surface area contributed by atoms with E-state index in [0.717, 1.165) is 33.9 Å². The van der Waals surface area contributed by atoms with Crippen molar-refractivity contribution in [3.8, 4) is 5.75 Å². The first-order valence-corrected chi connectivity index (χ1v) is 11.4. The molecule has 186 valence electrons. The number of amides is 5. The summed E-state index contributed by atoms with van der Waals surface area (Å²) in [5.41, 5.74) is 2.51. The predicted octanol–water partition coefficient (Wildman–Crippen LogP) is 3.79. The maximum Gasteiger partial charge on any atom is 0.345 e. The first kappa shape index (κ1) is 25.6. The molecule has 0 aromatic heterocycles. The van der Waals surface area contributed by atoms with Gasteiger partial charge in [0.15, 0.2) is 0 Å². The van der Waals surface area contributed by atoms with Crippen LogP contribution in [0.1, 0.15) is 37.3 Å². The smallest absolute Gasteiger partial charge is 0.345 e. The molecule has 1 aliphatic heterocycles. The second-order valence-electron chi connectivity index (χ2n) is 8.22. The summed E-state index contributed by atoms with van der Waals surface area (Å²) in [5.74, 6) is 5.88. The number of nitrogens with two attached hydrogens (primary N) is 1. The lowest BCUT2D eigenvalue weighted by molar-refractivity contribution is -0.118. The molecule has 35 heavy (non-hydrogen) atoms. The normalized spacial score (nSPS) is 15.9. The summed E-state index contributed by atoms with van der Waals surface area (Å²) in [6, 6.07) is 13.3. The average molecular weight is 483 g/mol. The van der Waals surface area contributed by atoms with Crippen molar-refractivity contribution in [2.24, 2.45) is 11.0 Å². The van der Waals surface area contributed by atoms with Gasteiger partial charge < -0.3 is 10.1 Å². The SMILES string of the molecule is CCCCOc1ccc(NC2N(N)C(=O)N(CCC(=O)N=O)C(=O)N2Cc2ccc(C)cc2)cc1. The molecule has 11 nitrogen and oxygen atoms in total. The van der Waals surface area contributed by atoms with E-state index in [0.29, 0.717) is 18.0 Å². The Morgan fingerprint density at radius 2 is 1.77 bits per heavy atom. The van der Waals surface area contributed by atoms with Crippen molar-refractivity contribution < 1.29 is 19.1 Å². The Kier molecular flexibility index (Phi) is 8.74. The third-order valence-electron chi connectivity index (χ3n) is 5.53. The molecular formula is C24H30N6O5. The molecular weight excluding hydrogens is 452 g/mol. The number of carbonyl (C=O) groups is 3. The Hall–Kier alpha value is -3.99. The van der Waals surface area contributed by atoms with Gasteiger partial charge in [0, 0.05) is 17.4 Å². The lowest BCUT2D eigenvalue weighted by Crippen LogP contribution is -2.70. The summed E-state index contributed by atoms with van der Waals surface area (Å²) in [6.07, 6.45) is 0.598. The van der Waals surface area contributed by atoms with Crippen molar-refractivity contribution in [3.05, 3.63) is 64.6 Å². The van der Waals surface area contributed by atoms with E-state index in [9.17, 15) is 19.3 Å². The highest BCUT2D eigenvalue weighted by atomic mass is 16.5. The van der Waals surface area contributed by atoms with Crippen LogP contribution in [-0.4, -0.2) is 52.2 Å². The van der Waals surface area contributed by atoms with Crippen LogP contribution < -0.4 is 15.9 Å². The zero-order chi connectivity index (χ0) is 25.4. The van der Waals surface area contributed by atoms with Gasteiger partial charge in [0.05, 0.1) is 19.6 Å². The van der Waals surface area contributed by atoms with Crippen molar-refractivity contribution in [2.75, 3.05) is 18.5 Å². The van der Waals surface area contributed by atoms with Crippen molar-refractivity contribution in [3.63, 3.8) is 0 Å². The van der Waals surface area contributed by atoms with Gasteiger partial charge in [-0.15, -0.1) is 4.91 Å². The van der Waals surface area contributed by atoms with Crippen LogP contribution in [0.3, 0.4) is 0 Å². The second kappa shape index (κ2) is 11.9. The van der Waals surface area contributed by atoms with Crippen LogP contribution in [0.25, 0.3) is 0 Å². The van der Waals surface area contributed by atoms with E-state index in [1.807, 2.05) is 31.2 Å². The largest absolute Gasteiger partial charge is 0.494 e. The van der Waals surface area contributed by atoms with E-state index in [4.69, 9.17) is 10.6 Å². The van der Waals surface area contributed by atoms with Gasteiger partial charge in [-0.1, -0.05) is 43.2 Å². The molecule has 2 aromatic rings. The van der Waals surface area contributed by atoms with E-state index < -0.39 is 24.3 Å². The van der Waals surface area contributed by atoms with Gasteiger partial charge in [-0.25, -0.2) is 25.3 Å². The number of nitroso groups, excluding NO2 is 1. The Balaban J connectivity index is 1.83. The van der Waals surface area contributed by atoms with Crippen molar-refractivity contribution in [1.82, 2.24) is 14.8 Å². The van der Waals surface area contributed by atoms with Gasteiger partial charge in [0.25, 0.3) is 5.91 Å². The van der Waals surface area contributed by atoms with E-state index >= 15 is 0 Å². The van der Waals surface area contributed by atoms with Crippen LogP contribution in [0.5, 0.6) is 5.75 Å². The topological polar surface area (TPSA) is 138 Å². The summed E-state index contributed by atoms with van der Waals surface area (Å²) >= 11 is 0. The molecule has 1 atom stereocenters. The predicted molar refractivity (Wildman–Crippen MR) is 130 cm³/mol. The Bertz CT molecular complexity index is 1040. The summed E-state index contributed by atoms with van der Waals surface area (Å²) in [5, 5.41) is 6.34. The fourth-order valence-corrected chi connectivity index (χ4v) is 3.50. The fraction of sp³-hybridized carbons (Fsp3) is 0.375. The number of aryl methyl sites for hydroxylation is 1. The number of nitrogens with one attached hydrogen (secondary N) is 1. The average Bonchev–Trinajstić information content (AvgIpc) is 2.86. The number of ether oxygens (including phenoxy) is 1. The number of unbranched alkanes of at least 4 members (excludes halogenated alkanes) is 1. The monoisotopic (exact) mass is 482 g/mol. The maximum atomic E-state index is 13.3. The molecule has 5 amide bonds. The number of benzene rings is 2. The van der Waals surface area contributed by atoms with Crippen molar-refractivity contribution in [2.45, 2.75) is 45.9 Å². The molecule has 3 rings (SSSR count). The molecule has 0 radical (unpaired) electrons. The zero-order valence-electron chi connectivity index (χ0n) is 19.8. The van der Waals surface area contributed by atoms with Crippen LogP contribution in [-0.2, 0) is 11.3 Å². The molecule has 1 unspecified atom stereocenters. The lowest BCUT2D eigenvalue weighted by Gasteiger charge is -2.45. The van der Waals surface area contributed by atoms with Gasteiger partial charge in [0.1, 0.15) is 5.75 Å². The molecule has 3 N–H and O–H groups in total. The minimum Gasteiger partial charge on any atom is -0.494 e. The highest BCUT2D eigenvalue weighted by molar-refractivity contribution is 5.96. The van der Waals surface area contributed by atoms with Crippen LogP contribution in [0, 0.1) is 11.8 Å². The standard InChI is InChI=1S/C24H30N6O5/c1-3-4-15-35-20-11-9-19(10-12-20)26-22-29(16-18-7-5-17(2)6-8-18)23(32)28(24(33)30(22)25)14-13-21(31)27-34/h5-12,22,26H,3-4,13-16,25H2,1-2H3.